The summed E-state index contributed by atoms with van der Waals surface area (Å²) >= 11 is 2.04. The summed E-state index contributed by atoms with van der Waals surface area (Å²) in [5.41, 5.74) is 0.410. The van der Waals surface area contributed by atoms with Crippen molar-refractivity contribution in [3.05, 3.63) is 27.6 Å². The van der Waals surface area contributed by atoms with Crippen molar-refractivity contribution in [3.8, 4) is 0 Å². The Bertz CT molecular complexity index is 817. The Morgan fingerprint density at radius 2 is 1.81 bits per heavy atom. The maximum atomic E-state index is 12.0. The van der Waals surface area contributed by atoms with Gasteiger partial charge in [0.25, 0.3) is 5.91 Å². The lowest BCUT2D eigenvalue weighted by Gasteiger charge is -2.17. The molecular formula is C19H24IN3O8. The number of ketones is 1. The van der Waals surface area contributed by atoms with Gasteiger partial charge in [0, 0.05) is 28.9 Å². The highest BCUT2D eigenvalue weighted by Gasteiger charge is 2.26. The molecule has 0 unspecified atom stereocenters. The molecule has 12 heteroatoms. The maximum Gasteiger partial charge on any atom is 0.408 e. The summed E-state index contributed by atoms with van der Waals surface area (Å²) in [4.78, 5) is 61.3. The number of ether oxygens (including phenoxy) is 1. The molecule has 0 radical (unpaired) electrons. The quantitative estimate of drug-likeness (QED) is 0.209. The van der Waals surface area contributed by atoms with E-state index in [0.717, 1.165) is 3.57 Å². The normalized spacial score (nSPS) is 12.3. The molecule has 0 saturated heterocycles. The fraction of sp³-hybridized carbons (Fsp3) is 0.474. The van der Waals surface area contributed by atoms with Crippen molar-refractivity contribution in [2.45, 2.75) is 51.2 Å². The van der Waals surface area contributed by atoms with Crippen molar-refractivity contribution in [1.82, 2.24) is 15.6 Å². The van der Waals surface area contributed by atoms with Gasteiger partial charge in [-0.05, 0) is 61.3 Å². The van der Waals surface area contributed by atoms with Crippen LogP contribution in [0.5, 0.6) is 0 Å². The van der Waals surface area contributed by atoms with Crippen molar-refractivity contribution >= 4 is 52.3 Å². The van der Waals surface area contributed by atoms with Crippen LogP contribution in [0.3, 0.4) is 0 Å². The summed E-state index contributed by atoms with van der Waals surface area (Å²) < 4.78 is 5.63. The van der Waals surface area contributed by atoms with E-state index < -0.39 is 30.2 Å². The van der Waals surface area contributed by atoms with Gasteiger partial charge in [-0.25, -0.2) is 14.4 Å². The lowest BCUT2D eigenvalue weighted by Crippen LogP contribution is -2.43. The molecule has 0 fully saturated rings. The molecule has 0 aliphatic heterocycles. The molecule has 0 bridgehead atoms. The standard InChI is InChI=1S/C19H24IN3O8/c1-11(24)5-6-14(17(26)27)23-19(30)31-15(18(28)29)4-2-3-7-22-16(25)12-8-13(20)10-21-9-12/h8-10,14-15H,2-7H2,1H3,(H,22,25)(H,23,30)(H,26,27)(H,28,29)/t14-,15-/m0/s1/i20+4. The first kappa shape index (κ1) is 26.3. The first-order valence-corrected chi connectivity index (χ1v) is 10.5. The van der Waals surface area contributed by atoms with Crippen LogP contribution in [0.4, 0.5) is 4.79 Å². The summed E-state index contributed by atoms with van der Waals surface area (Å²) in [6.45, 7) is 1.58. The first-order valence-electron chi connectivity index (χ1n) is 9.41. The number of nitrogens with zero attached hydrogens (tertiary/aromatic N) is 1. The second-order valence-corrected chi connectivity index (χ2v) is 7.90. The van der Waals surface area contributed by atoms with Gasteiger partial charge in [0.1, 0.15) is 11.8 Å². The number of alkyl carbamates (subject to hydrolysis) is 1. The Balaban J connectivity index is 2.42. The lowest BCUT2D eigenvalue weighted by atomic mass is 10.1. The largest absolute Gasteiger partial charge is 0.480 e. The van der Waals surface area contributed by atoms with Crippen LogP contribution in [-0.2, 0) is 19.1 Å². The minimum Gasteiger partial charge on any atom is -0.480 e. The zero-order valence-electron chi connectivity index (χ0n) is 16.8. The highest BCUT2D eigenvalue weighted by atomic mass is 131. The highest BCUT2D eigenvalue weighted by molar-refractivity contribution is 14.1. The number of carbonyl (C=O) groups excluding carboxylic acids is 3. The fourth-order valence-corrected chi connectivity index (χ4v) is 2.93. The van der Waals surface area contributed by atoms with Gasteiger partial charge in [0.05, 0.1) is 5.56 Å². The van der Waals surface area contributed by atoms with Crippen molar-refractivity contribution < 1.29 is 38.9 Å². The van der Waals surface area contributed by atoms with Gasteiger partial charge in [0.2, 0.25) is 6.10 Å². The van der Waals surface area contributed by atoms with Gasteiger partial charge in [-0.1, -0.05) is 0 Å². The minimum absolute atomic E-state index is 0.0192. The molecule has 2 amide bonds. The van der Waals surface area contributed by atoms with Gasteiger partial charge in [-0.3, -0.25) is 9.78 Å². The first-order chi connectivity index (χ1) is 14.6. The molecule has 1 aromatic heterocycles. The van der Waals surface area contributed by atoms with Crippen molar-refractivity contribution in [3.63, 3.8) is 0 Å². The van der Waals surface area contributed by atoms with Crippen molar-refractivity contribution in [2.75, 3.05) is 6.54 Å². The molecule has 1 aromatic rings. The predicted molar refractivity (Wildman–Crippen MR) is 116 cm³/mol. The van der Waals surface area contributed by atoms with Crippen LogP contribution < -0.4 is 10.6 Å². The van der Waals surface area contributed by atoms with E-state index in [1.807, 2.05) is 22.6 Å². The molecule has 4 N–H and O–H groups in total. The van der Waals surface area contributed by atoms with Crippen LogP contribution >= 0.6 is 22.6 Å². The maximum absolute atomic E-state index is 12.0. The van der Waals surface area contributed by atoms with Gasteiger partial charge in [-0.15, -0.1) is 0 Å². The summed E-state index contributed by atoms with van der Waals surface area (Å²) in [5, 5.41) is 23.0. The molecule has 0 aromatic carbocycles. The van der Waals surface area contributed by atoms with Crippen molar-refractivity contribution in [2.24, 2.45) is 0 Å². The Morgan fingerprint density at radius 3 is 2.39 bits per heavy atom. The molecule has 170 valence electrons. The number of unbranched alkanes of at least 4 members (excludes halogenated alkanes) is 1. The lowest BCUT2D eigenvalue weighted by molar-refractivity contribution is -0.147. The molecule has 0 aliphatic rings. The van der Waals surface area contributed by atoms with E-state index in [4.69, 9.17) is 9.84 Å². The van der Waals surface area contributed by atoms with Gasteiger partial charge in [-0.2, -0.15) is 0 Å². The number of aliphatic carboxylic acids is 2. The second-order valence-electron chi connectivity index (χ2n) is 6.65. The predicted octanol–water partition coefficient (Wildman–Crippen LogP) is 1.59. The number of hydrogen-bond acceptors (Lipinski definition) is 7. The molecule has 31 heavy (non-hydrogen) atoms. The topological polar surface area (TPSA) is 172 Å². The SMILES string of the molecule is CC(=O)CC[C@H](NC(=O)O[C@@H](CCCCNC(=O)c1cncc([131I])c1)C(=O)O)C(=O)O. The molecule has 0 saturated carbocycles. The number of nitrogens with one attached hydrogen (secondary N) is 2. The molecule has 0 spiro atoms. The third-order valence-electron chi connectivity index (χ3n) is 4.05. The number of pyridine rings is 1. The summed E-state index contributed by atoms with van der Waals surface area (Å²) in [7, 11) is 0. The zero-order valence-corrected chi connectivity index (χ0v) is 19.0. The third-order valence-corrected chi connectivity index (χ3v) is 4.64. The van der Waals surface area contributed by atoms with Crippen LogP contribution in [0.1, 0.15) is 49.4 Å². The molecule has 1 rings (SSSR count). The van der Waals surface area contributed by atoms with Gasteiger partial charge in [0.15, 0.2) is 0 Å². The fourth-order valence-electron chi connectivity index (χ4n) is 2.44. The Kier molecular flexibility index (Phi) is 11.5. The number of carbonyl (C=O) groups is 5. The summed E-state index contributed by atoms with van der Waals surface area (Å²) in [5.74, 6) is -3.28. The van der Waals surface area contributed by atoms with Crippen LogP contribution in [-0.4, -0.2) is 63.6 Å². The van der Waals surface area contributed by atoms with Crippen LogP contribution in [0, 0.1) is 3.57 Å². The van der Waals surface area contributed by atoms with Crippen LogP contribution in [0.15, 0.2) is 18.5 Å². The number of rotatable bonds is 13. The molecular weight excluding hydrogens is 529 g/mol. The van der Waals surface area contributed by atoms with E-state index in [2.05, 4.69) is 15.6 Å². The summed E-state index contributed by atoms with van der Waals surface area (Å²) in [6, 6.07) is 0.313. The second kappa shape index (κ2) is 13.5. The average molecular weight is 553 g/mol. The Labute approximate surface area is 192 Å². The van der Waals surface area contributed by atoms with E-state index in [1.54, 1.807) is 12.3 Å². The Hall–Kier alpha value is -2.77. The molecule has 0 aliphatic carbocycles. The average Bonchev–Trinajstić information content (AvgIpc) is 2.69. The van der Waals surface area contributed by atoms with E-state index in [-0.39, 0.29) is 37.5 Å². The van der Waals surface area contributed by atoms with Crippen molar-refractivity contribution in [1.29, 1.82) is 0 Å². The van der Waals surface area contributed by atoms with Crippen LogP contribution in [0.2, 0.25) is 0 Å². The highest BCUT2D eigenvalue weighted by Crippen LogP contribution is 2.08. The zero-order chi connectivity index (χ0) is 23.4. The number of amides is 2. The van der Waals surface area contributed by atoms with Gasteiger partial charge >= 0.3 is 18.0 Å². The van der Waals surface area contributed by atoms with E-state index in [1.165, 1.54) is 13.1 Å². The Morgan fingerprint density at radius 1 is 1.10 bits per heavy atom. The third kappa shape index (κ3) is 10.7. The van der Waals surface area contributed by atoms with E-state index >= 15 is 0 Å². The number of Topliss-reactive ketones (excluding diaryl/α,β-unsaturated/α-hetero) is 1. The molecule has 1 heterocycles. The van der Waals surface area contributed by atoms with Gasteiger partial charge < -0.3 is 30.4 Å². The number of carboxylic acid groups (broad SMARTS) is 2. The number of aromatic nitrogens is 1. The minimum atomic E-state index is -1.47. The number of carboxylic acids is 2. The monoisotopic (exact) mass is 553 g/mol. The van der Waals surface area contributed by atoms with E-state index in [0.29, 0.717) is 18.4 Å². The molecule has 2 atom stereocenters. The smallest absolute Gasteiger partial charge is 0.408 e. The number of hydrogen-bond donors (Lipinski definition) is 4. The van der Waals surface area contributed by atoms with E-state index in [9.17, 15) is 29.1 Å². The molecule has 11 nitrogen and oxygen atoms in total. The van der Waals surface area contributed by atoms with Crippen LogP contribution in [0.25, 0.3) is 0 Å². The number of halogens is 1. The summed E-state index contributed by atoms with van der Waals surface area (Å²) in [6.07, 6.45) is 0.953.